The highest BCUT2D eigenvalue weighted by Crippen LogP contribution is 2.28. The molecule has 8 heteroatoms. The molecule has 2 heterocycles. The first kappa shape index (κ1) is 24.2. The standard InChI is InChI=1S/C26H32N4O3S/c1-16-12-17(2)20(18(3)13-16)15-30-22(14-24(28-30)26(4,5)6)25(31)29-34(32,33)23-9-7-8-21-19(23)10-11-27-21/h7-14,25,27,29,31H,15H2,1-6H3. The lowest BCUT2D eigenvalue weighted by molar-refractivity contribution is 0.156. The molecule has 180 valence electrons. The second-order valence-corrected chi connectivity index (χ2v) is 11.6. The van der Waals surface area contributed by atoms with Gasteiger partial charge in [0.25, 0.3) is 0 Å². The van der Waals surface area contributed by atoms with E-state index in [0.717, 1.165) is 22.4 Å². The van der Waals surface area contributed by atoms with E-state index in [1.54, 1.807) is 29.1 Å². The average molecular weight is 481 g/mol. The van der Waals surface area contributed by atoms with Crippen molar-refractivity contribution < 1.29 is 13.5 Å². The zero-order valence-electron chi connectivity index (χ0n) is 20.5. The maximum Gasteiger partial charge on any atom is 0.243 e. The summed E-state index contributed by atoms with van der Waals surface area (Å²) in [6.45, 7) is 12.7. The van der Waals surface area contributed by atoms with Crippen LogP contribution < -0.4 is 4.72 Å². The normalized spacial score (nSPS) is 13.5. The molecule has 1 unspecified atom stereocenters. The Morgan fingerprint density at radius 1 is 1.09 bits per heavy atom. The van der Waals surface area contributed by atoms with Crippen molar-refractivity contribution >= 4 is 20.9 Å². The van der Waals surface area contributed by atoms with Crippen molar-refractivity contribution in [2.24, 2.45) is 0 Å². The van der Waals surface area contributed by atoms with Crippen molar-refractivity contribution in [3.63, 3.8) is 0 Å². The lowest BCUT2D eigenvalue weighted by Crippen LogP contribution is -2.30. The molecule has 0 aliphatic heterocycles. The highest BCUT2D eigenvalue weighted by Gasteiger charge is 2.28. The Kier molecular flexibility index (Phi) is 6.18. The van der Waals surface area contributed by atoms with Crippen LogP contribution in [0.4, 0.5) is 0 Å². The molecule has 1 atom stereocenters. The van der Waals surface area contributed by atoms with Crippen LogP contribution in [0.25, 0.3) is 10.9 Å². The van der Waals surface area contributed by atoms with Crippen LogP contribution in [0.15, 0.2) is 53.6 Å². The van der Waals surface area contributed by atoms with Gasteiger partial charge in [-0.05, 0) is 61.7 Å². The minimum absolute atomic E-state index is 0.109. The van der Waals surface area contributed by atoms with Gasteiger partial charge < -0.3 is 10.1 Å². The van der Waals surface area contributed by atoms with Gasteiger partial charge in [-0.3, -0.25) is 4.68 Å². The van der Waals surface area contributed by atoms with E-state index in [0.29, 0.717) is 23.1 Å². The molecule has 0 bridgehead atoms. The second-order valence-electron chi connectivity index (χ2n) is 9.96. The van der Waals surface area contributed by atoms with E-state index in [-0.39, 0.29) is 10.3 Å². The fourth-order valence-corrected chi connectivity index (χ4v) is 5.58. The molecule has 7 nitrogen and oxygen atoms in total. The molecule has 2 aromatic carbocycles. The van der Waals surface area contributed by atoms with Crippen LogP contribution in [-0.2, 0) is 22.0 Å². The number of fused-ring (bicyclic) bond motifs is 1. The molecule has 34 heavy (non-hydrogen) atoms. The van der Waals surface area contributed by atoms with Crippen LogP contribution in [0.2, 0.25) is 0 Å². The fourth-order valence-electron chi connectivity index (χ4n) is 4.32. The highest BCUT2D eigenvalue weighted by molar-refractivity contribution is 7.89. The molecular formula is C26H32N4O3S. The molecule has 0 aliphatic carbocycles. The van der Waals surface area contributed by atoms with Gasteiger partial charge in [0.1, 0.15) is 0 Å². The van der Waals surface area contributed by atoms with Gasteiger partial charge in [-0.25, -0.2) is 8.42 Å². The fraction of sp³-hybridized carbons (Fsp3) is 0.346. The first-order valence-corrected chi connectivity index (χ1v) is 12.8. The highest BCUT2D eigenvalue weighted by atomic mass is 32.2. The zero-order valence-corrected chi connectivity index (χ0v) is 21.3. The molecule has 3 N–H and O–H groups in total. The molecular weight excluding hydrogens is 448 g/mol. The van der Waals surface area contributed by atoms with Crippen molar-refractivity contribution in [3.8, 4) is 0 Å². The monoisotopic (exact) mass is 480 g/mol. The van der Waals surface area contributed by atoms with E-state index >= 15 is 0 Å². The molecule has 0 saturated carbocycles. The Labute approximate surface area is 200 Å². The number of nitrogens with zero attached hydrogens (tertiary/aromatic N) is 2. The predicted octanol–water partition coefficient (Wildman–Crippen LogP) is 4.60. The van der Waals surface area contributed by atoms with Crippen molar-refractivity contribution in [1.29, 1.82) is 0 Å². The number of hydrogen-bond acceptors (Lipinski definition) is 4. The van der Waals surface area contributed by atoms with Gasteiger partial charge in [-0.1, -0.05) is 44.5 Å². The Bertz CT molecular complexity index is 1440. The Morgan fingerprint density at radius 2 is 1.76 bits per heavy atom. The first-order valence-electron chi connectivity index (χ1n) is 11.3. The van der Waals surface area contributed by atoms with E-state index in [1.165, 1.54) is 11.6 Å². The van der Waals surface area contributed by atoms with Crippen LogP contribution in [0.5, 0.6) is 0 Å². The van der Waals surface area contributed by atoms with Gasteiger partial charge in [0.15, 0.2) is 6.23 Å². The third-order valence-electron chi connectivity index (χ3n) is 6.12. The summed E-state index contributed by atoms with van der Waals surface area (Å²) in [5.74, 6) is 0. The van der Waals surface area contributed by atoms with E-state index < -0.39 is 16.3 Å². The van der Waals surface area contributed by atoms with Crippen LogP contribution in [0.1, 0.15) is 60.6 Å². The van der Waals surface area contributed by atoms with Crippen molar-refractivity contribution in [2.45, 2.75) is 64.6 Å². The Morgan fingerprint density at radius 3 is 2.41 bits per heavy atom. The summed E-state index contributed by atoms with van der Waals surface area (Å²) in [5.41, 5.74) is 6.15. The van der Waals surface area contributed by atoms with Crippen LogP contribution in [0, 0.1) is 20.8 Å². The summed E-state index contributed by atoms with van der Waals surface area (Å²) < 4.78 is 30.6. The smallest absolute Gasteiger partial charge is 0.243 e. The SMILES string of the molecule is Cc1cc(C)c(Cn2nc(C(C)(C)C)cc2C(O)NS(=O)(=O)c2cccc3[nH]ccc23)c(C)c1. The molecule has 0 fully saturated rings. The third kappa shape index (κ3) is 4.66. The summed E-state index contributed by atoms with van der Waals surface area (Å²) >= 11 is 0. The Hall–Kier alpha value is -2.94. The number of aliphatic hydroxyl groups is 1. The van der Waals surface area contributed by atoms with E-state index in [9.17, 15) is 13.5 Å². The van der Waals surface area contributed by atoms with Gasteiger partial charge in [0.05, 0.1) is 22.8 Å². The van der Waals surface area contributed by atoms with Crippen LogP contribution in [-0.4, -0.2) is 28.3 Å². The molecule has 0 amide bonds. The maximum atomic E-state index is 13.2. The third-order valence-corrected chi connectivity index (χ3v) is 7.59. The summed E-state index contributed by atoms with van der Waals surface area (Å²) in [6, 6.07) is 12.7. The van der Waals surface area contributed by atoms with Gasteiger partial charge in [-0.15, -0.1) is 0 Å². The van der Waals surface area contributed by atoms with Crippen molar-refractivity contribution in [3.05, 3.63) is 82.3 Å². The molecule has 2 aromatic heterocycles. The van der Waals surface area contributed by atoms with E-state index in [1.807, 2.05) is 26.8 Å². The summed E-state index contributed by atoms with van der Waals surface area (Å²) in [5, 5.41) is 16.4. The predicted molar refractivity (Wildman–Crippen MR) is 134 cm³/mol. The van der Waals surface area contributed by atoms with Crippen LogP contribution in [0.3, 0.4) is 0 Å². The summed E-state index contributed by atoms with van der Waals surface area (Å²) in [6.07, 6.45) is 0.227. The number of sulfonamides is 1. The second kappa shape index (κ2) is 8.69. The van der Waals surface area contributed by atoms with Crippen molar-refractivity contribution in [2.75, 3.05) is 0 Å². The number of nitrogens with one attached hydrogen (secondary N) is 2. The van der Waals surface area contributed by atoms with Crippen molar-refractivity contribution in [1.82, 2.24) is 19.5 Å². The molecule has 4 rings (SSSR count). The summed E-state index contributed by atoms with van der Waals surface area (Å²) in [7, 11) is -4.00. The topological polar surface area (TPSA) is 100 Å². The lowest BCUT2D eigenvalue weighted by Gasteiger charge is -2.18. The van der Waals surface area contributed by atoms with E-state index in [4.69, 9.17) is 5.10 Å². The first-order chi connectivity index (χ1) is 15.9. The molecule has 0 saturated heterocycles. The summed E-state index contributed by atoms with van der Waals surface area (Å²) in [4.78, 5) is 3.13. The molecule has 4 aromatic rings. The minimum atomic E-state index is -4.00. The van der Waals surface area contributed by atoms with Gasteiger partial charge >= 0.3 is 0 Å². The minimum Gasteiger partial charge on any atom is -0.372 e. The molecule has 0 aliphatic rings. The number of rotatable bonds is 6. The van der Waals surface area contributed by atoms with Gasteiger partial charge in [0.2, 0.25) is 10.0 Å². The van der Waals surface area contributed by atoms with Gasteiger partial charge in [0, 0.05) is 22.5 Å². The molecule has 0 radical (unpaired) electrons. The quantitative estimate of drug-likeness (QED) is 0.351. The number of hydrogen-bond donors (Lipinski definition) is 3. The largest absolute Gasteiger partial charge is 0.372 e. The number of aromatic nitrogens is 3. The van der Waals surface area contributed by atoms with E-state index in [2.05, 4.69) is 42.6 Å². The number of aryl methyl sites for hydroxylation is 3. The number of aliphatic hydroxyl groups excluding tert-OH is 1. The maximum absolute atomic E-state index is 13.2. The zero-order chi connectivity index (χ0) is 24.8. The van der Waals surface area contributed by atoms with Gasteiger partial charge in [-0.2, -0.15) is 9.82 Å². The lowest BCUT2D eigenvalue weighted by atomic mass is 9.92. The average Bonchev–Trinajstić information content (AvgIpc) is 3.36. The molecule has 0 spiro atoms. The van der Waals surface area contributed by atoms with Crippen LogP contribution >= 0.6 is 0 Å². The number of aromatic amines is 1. The number of H-pyrrole nitrogens is 1. The number of benzene rings is 2. The Balaban J connectivity index is 1.73.